The van der Waals surface area contributed by atoms with E-state index in [2.05, 4.69) is 0 Å². The van der Waals surface area contributed by atoms with Gasteiger partial charge in [-0.05, 0) is 60.7 Å². The van der Waals surface area contributed by atoms with E-state index in [1.807, 2.05) is 0 Å². The van der Waals surface area contributed by atoms with Crippen molar-refractivity contribution in [1.29, 1.82) is 0 Å². The van der Waals surface area contributed by atoms with Crippen molar-refractivity contribution in [3.8, 4) is 161 Å². The van der Waals surface area contributed by atoms with E-state index < -0.39 is 328 Å². The number of cyclic esters (lactones) is 1. The van der Waals surface area contributed by atoms with Crippen LogP contribution >= 0.6 is 0 Å². The van der Waals surface area contributed by atoms with E-state index in [-0.39, 0.29) is 12.1 Å². The number of fused-ring (bicyclic) bond motifs is 8. The largest absolute Gasteiger partial charge is 0.504 e. The molecule has 8 aromatic rings. The summed E-state index contributed by atoms with van der Waals surface area (Å²) >= 11 is 0. The van der Waals surface area contributed by atoms with Gasteiger partial charge in [0, 0.05) is 23.3 Å². The SMILES string of the molecule is O=C(O[C@H]1O[C@@H](CO)[C@H](O)[C@H](OC(=O)c2cc(O)c(O)c(O)c2)[C@@H]1OC(=O)c1cc(O)c(O)c(O)c1Oc1cc2c(c(O)c1O)Oc1ccc(c(O)c1O)C(=O)O[C@@H]1O[C@H]3COC(=O)c4cc(O)c(O)c(O)c4-c4c(cc(O)c(O)c4O)C(=O)O[C@@H]3[C@H](OC(=O)c3cc(O)c(O)c(O)c3)[C@@H]1OC2=O)c1cc(O)c(O)c(O)c1. The van der Waals surface area contributed by atoms with Gasteiger partial charge in [0.05, 0.1) is 34.4 Å². The summed E-state index contributed by atoms with van der Waals surface area (Å²) in [5, 5.41) is 260. The van der Waals surface area contributed by atoms with Gasteiger partial charge in [0.25, 0.3) is 0 Å². The number of carbonyl (C=O) groups is 8. The van der Waals surface area contributed by atoms with Crippen molar-refractivity contribution in [2.45, 2.75) is 61.4 Å². The second-order valence-corrected chi connectivity index (χ2v) is 24.1. The van der Waals surface area contributed by atoms with Crippen molar-refractivity contribution in [3.63, 3.8) is 0 Å². The number of carbonyl (C=O) groups excluding carboxylic acids is 8. The molecule has 586 valence electrons. The van der Waals surface area contributed by atoms with Crippen LogP contribution in [0.15, 0.2) is 72.8 Å². The highest BCUT2D eigenvalue weighted by Gasteiger charge is 2.57. The maximum Gasteiger partial charge on any atom is 0.344 e. The fourth-order valence-electron chi connectivity index (χ4n) is 11.6. The fraction of sp³-hybridized carbons (Fsp3) is 0.176. The predicted molar refractivity (Wildman–Crippen MR) is 345 cm³/mol. The van der Waals surface area contributed by atoms with E-state index in [4.69, 9.17) is 56.8 Å². The van der Waals surface area contributed by atoms with Crippen molar-refractivity contribution in [2.75, 3.05) is 13.2 Å². The molecule has 0 radical (unpaired) electrons. The number of esters is 8. The van der Waals surface area contributed by atoms with Gasteiger partial charge in [0.2, 0.25) is 65.0 Å². The van der Waals surface area contributed by atoms with Gasteiger partial charge in [0.15, 0.2) is 128 Å². The summed E-state index contributed by atoms with van der Waals surface area (Å²) in [6.45, 7) is -2.77. The molecule has 0 spiro atoms. The highest BCUT2D eigenvalue weighted by atomic mass is 16.8. The first-order valence-corrected chi connectivity index (χ1v) is 31.1. The average molecular weight is 1570 g/mol. The van der Waals surface area contributed by atoms with Crippen LogP contribution < -0.4 is 9.47 Å². The minimum absolute atomic E-state index is 0.167. The molecule has 24 N–H and O–H groups in total. The summed E-state index contributed by atoms with van der Waals surface area (Å²) in [4.78, 5) is 116. The number of aliphatic hydroxyl groups excluding tert-OH is 2. The minimum Gasteiger partial charge on any atom is -0.504 e. The molecule has 44 nitrogen and oxygen atoms in total. The number of benzene rings is 8. The van der Waals surface area contributed by atoms with Crippen molar-refractivity contribution in [3.05, 3.63) is 117 Å². The Hall–Kier alpha value is -15.4. The molecule has 0 aromatic heterocycles. The van der Waals surface area contributed by atoms with Crippen LogP contribution in [0, 0.1) is 0 Å². The zero-order chi connectivity index (χ0) is 81.6. The predicted octanol–water partition coefficient (Wildman–Crippen LogP) is 2.19. The van der Waals surface area contributed by atoms with Crippen molar-refractivity contribution >= 4 is 47.8 Å². The van der Waals surface area contributed by atoms with Gasteiger partial charge in [-0.2, -0.15) is 0 Å². The van der Waals surface area contributed by atoms with Gasteiger partial charge >= 0.3 is 47.8 Å². The van der Waals surface area contributed by atoms with Gasteiger partial charge in [-0.3, -0.25) is 0 Å². The maximum atomic E-state index is 15.5. The van der Waals surface area contributed by atoms with Crippen LogP contribution in [0.25, 0.3) is 11.1 Å². The molecule has 13 rings (SSSR count). The highest BCUT2D eigenvalue weighted by molar-refractivity contribution is 6.09. The summed E-state index contributed by atoms with van der Waals surface area (Å²) < 4.78 is 67.5. The molecule has 10 atom stereocenters. The number of aliphatic hydroxyl groups is 2. The van der Waals surface area contributed by atoms with Crippen molar-refractivity contribution < 1.29 is 218 Å². The van der Waals surface area contributed by atoms with Crippen LogP contribution in [0.4, 0.5) is 0 Å². The molecule has 44 heteroatoms. The third-order valence-electron chi connectivity index (χ3n) is 17.1. The number of aromatic hydroxyl groups is 22. The highest BCUT2D eigenvalue weighted by Crippen LogP contribution is 2.57. The molecule has 0 amide bonds. The molecule has 5 heterocycles. The molecule has 5 aliphatic heterocycles. The summed E-state index contributed by atoms with van der Waals surface area (Å²) in [5.41, 5.74) is -11.6. The van der Waals surface area contributed by atoms with Crippen molar-refractivity contribution in [1.82, 2.24) is 0 Å². The molecular formula is C68H50O44. The normalized spacial score (nSPS) is 20.6. The maximum absolute atomic E-state index is 15.5. The van der Waals surface area contributed by atoms with Gasteiger partial charge < -0.3 is 179 Å². The fourth-order valence-corrected chi connectivity index (χ4v) is 11.6. The van der Waals surface area contributed by atoms with Crippen LogP contribution in [0.1, 0.15) is 82.9 Å². The zero-order valence-electron chi connectivity index (χ0n) is 55.0. The lowest BCUT2D eigenvalue weighted by molar-refractivity contribution is -0.283. The number of phenolic OH excluding ortho intramolecular Hbond substituents is 22. The summed E-state index contributed by atoms with van der Waals surface area (Å²) in [6.07, 6.45) is -26.4. The topological polar surface area (TPSA) is 733 Å². The van der Waals surface area contributed by atoms with E-state index in [1.54, 1.807) is 0 Å². The van der Waals surface area contributed by atoms with Gasteiger partial charge in [0.1, 0.15) is 41.6 Å². The Labute approximate surface area is 616 Å². The first kappa shape index (κ1) is 76.2. The Bertz CT molecular complexity index is 5290. The zero-order valence-corrected chi connectivity index (χ0v) is 55.0. The van der Waals surface area contributed by atoms with E-state index >= 15 is 4.79 Å². The summed E-state index contributed by atoms with van der Waals surface area (Å²) in [6, 6.07) is 5.05. The Balaban J connectivity index is 0.993. The lowest BCUT2D eigenvalue weighted by Gasteiger charge is -2.43. The third kappa shape index (κ3) is 13.4. The minimum atomic E-state index is -2.93. The number of phenols is 22. The van der Waals surface area contributed by atoms with Crippen LogP contribution in [0.5, 0.6) is 149 Å². The molecule has 0 aliphatic carbocycles. The van der Waals surface area contributed by atoms with E-state index in [1.165, 1.54) is 0 Å². The summed E-state index contributed by atoms with van der Waals surface area (Å²) in [7, 11) is 0. The first-order chi connectivity index (χ1) is 52.8. The Morgan fingerprint density at radius 3 is 1.37 bits per heavy atom. The Morgan fingerprint density at radius 1 is 0.393 bits per heavy atom. The van der Waals surface area contributed by atoms with Crippen LogP contribution in [0.3, 0.4) is 0 Å². The van der Waals surface area contributed by atoms with Crippen LogP contribution in [0.2, 0.25) is 0 Å². The molecule has 2 saturated heterocycles. The number of ether oxygens (including phenoxy) is 12. The standard InChI is InChI=1S/C68H50O44/c69-13-34-47(88)55(107-59(93)15-3-23(70)39(80)24(71)4-15)57(67(104-34)111-61(95)17-7-27(74)41(82)28(75)8-17)109-65(99)21-11-31(78)44(85)50(91)52(21)103-33-12-22-53(51(92)46(33)87)102-32-2-1-18(38(79)45(32)86)63(97)112-68-58(110-66(22)100)56(108-60(94)16-5-25(72)40(81)26(73)6-16)54-35(105-68)14-101-62(96)19-9-29(76)42(83)48(89)36(19)37-20(64(98)106-54)10-30(77)43(84)49(37)90/h1-12,34-35,47,54-58,67-92H,13-14H2/t34-,35-,47-,54-,55-,56-,57-,58-,67+,68-/m0/s1. The van der Waals surface area contributed by atoms with E-state index in [0.717, 1.165) is 0 Å². The van der Waals surface area contributed by atoms with Gasteiger partial charge in [-0.25, -0.2) is 38.4 Å². The van der Waals surface area contributed by atoms with E-state index in [0.29, 0.717) is 60.7 Å². The van der Waals surface area contributed by atoms with Crippen molar-refractivity contribution in [2.24, 2.45) is 0 Å². The average Bonchev–Trinajstić information content (AvgIpc) is 0.804. The van der Waals surface area contributed by atoms with Gasteiger partial charge in [-0.1, -0.05) is 0 Å². The van der Waals surface area contributed by atoms with E-state index in [9.17, 15) is 156 Å². The second kappa shape index (κ2) is 28.7. The number of rotatable bonds is 11. The quantitative estimate of drug-likeness (QED) is 0.0501. The Morgan fingerprint density at radius 2 is 0.839 bits per heavy atom. The molecule has 112 heavy (non-hydrogen) atoms. The van der Waals surface area contributed by atoms with Gasteiger partial charge in [-0.15, -0.1) is 0 Å². The second-order valence-electron chi connectivity index (χ2n) is 24.1. The molecule has 5 aliphatic rings. The summed E-state index contributed by atoms with van der Waals surface area (Å²) in [5.74, 6) is -52.2. The Kier molecular flexibility index (Phi) is 19.5. The monoisotopic (exact) mass is 1570 g/mol. The molecule has 0 unspecified atom stereocenters. The molecule has 2 bridgehead atoms. The molecule has 2 fully saturated rings. The van der Waals surface area contributed by atoms with Crippen LogP contribution in [-0.4, -0.2) is 245 Å². The first-order valence-electron chi connectivity index (χ1n) is 31.1. The smallest absolute Gasteiger partial charge is 0.344 e. The third-order valence-corrected chi connectivity index (χ3v) is 17.1. The molecule has 0 saturated carbocycles. The molecule has 8 aromatic carbocycles. The molecular weight excluding hydrogens is 1520 g/mol. The number of hydrogen-bond donors (Lipinski definition) is 24. The lowest BCUT2D eigenvalue weighted by atomic mass is 9.92. The number of hydrogen-bond acceptors (Lipinski definition) is 44. The van der Waals surface area contributed by atoms with Crippen LogP contribution in [-0.2, 0) is 47.4 Å². The lowest BCUT2D eigenvalue weighted by Crippen LogP contribution is -2.63.